The Labute approximate surface area is 102 Å². The van der Waals surface area contributed by atoms with Gasteiger partial charge in [0.05, 0.1) is 13.0 Å². The lowest BCUT2D eigenvalue weighted by Gasteiger charge is -2.30. The molecule has 1 amide bonds. The van der Waals surface area contributed by atoms with Crippen molar-refractivity contribution in [3.05, 3.63) is 0 Å². The SMILES string of the molecule is CC(C)(C)C(CC(=O)O)NC(=O)CNC1CC1. The van der Waals surface area contributed by atoms with Gasteiger partial charge in [0, 0.05) is 12.1 Å². The Bertz CT molecular complexity index is 293. The lowest BCUT2D eigenvalue weighted by Crippen LogP contribution is -2.48. The van der Waals surface area contributed by atoms with Crippen molar-refractivity contribution in [1.29, 1.82) is 0 Å². The minimum absolute atomic E-state index is 0.0430. The molecule has 5 heteroatoms. The molecule has 1 unspecified atom stereocenters. The van der Waals surface area contributed by atoms with E-state index in [0.29, 0.717) is 6.04 Å². The molecule has 0 aliphatic heterocycles. The van der Waals surface area contributed by atoms with Crippen LogP contribution in [0.4, 0.5) is 0 Å². The third-order valence-electron chi connectivity index (χ3n) is 2.89. The Morgan fingerprint density at radius 3 is 2.35 bits per heavy atom. The third-order valence-corrected chi connectivity index (χ3v) is 2.89. The molecule has 0 bridgehead atoms. The maximum atomic E-state index is 11.6. The van der Waals surface area contributed by atoms with Crippen molar-refractivity contribution in [2.24, 2.45) is 5.41 Å². The van der Waals surface area contributed by atoms with Crippen LogP contribution in [-0.4, -0.2) is 35.6 Å². The van der Waals surface area contributed by atoms with E-state index in [1.54, 1.807) is 0 Å². The number of hydrogen-bond donors (Lipinski definition) is 3. The molecule has 98 valence electrons. The standard InChI is InChI=1S/C12H22N2O3/c1-12(2,3)9(6-11(16)17)14-10(15)7-13-8-4-5-8/h8-9,13H,4-7H2,1-3H3,(H,14,15)(H,16,17). The third kappa shape index (κ3) is 5.68. The van der Waals surface area contributed by atoms with Crippen LogP contribution in [0.5, 0.6) is 0 Å². The van der Waals surface area contributed by atoms with E-state index >= 15 is 0 Å². The van der Waals surface area contributed by atoms with Crippen molar-refractivity contribution < 1.29 is 14.7 Å². The number of hydrogen-bond acceptors (Lipinski definition) is 3. The fraction of sp³-hybridized carbons (Fsp3) is 0.833. The largest absolute Gasteiger partial charge is 0.481 e. The van der Waals surface area contributed by atoms with Crippen molar-refractivity contribution in [3.63, 3.8) is 0 Å². The lowest BCUT2D eigenvalue weighted by molar-refractivity contribution is -0.138. The summed E-state index contributed by atoms with van der Waals surface area (Å²) in [4.78, 5) is 22.4. The summed E-state index contributed by atoms with van der Waals surface area (Å²) < 4.78 is 0. The molecule has 1 fully saturated rings. The monoisotopic (exact) mass is 242 g/mol. The zero-order chi connectivity index (χ0) is 13.1. The summed E-state index contributed by atoms with van der Waals surface area (Å²) in [7, 11) is 0. The molecule has 0 radical (unpaired) electrons. The Balaban J connectivity index is 2.40. The quantitative estimate of drug-likeness (QED) is 0.642. The van der Waals surface area contributed by atoms with Gasteiger partial charge < -0.3 is 15.7 Å². The summed E-state index contributed by atoms with van der Waals surface area (Å²) in [6.45, 7) is 6.05. The second-order valence-corrected chi connectivity index (χ2v) is 5.74. The highest BCUT2D eigenvalue weighted by atomic mass is 16.4. The van der Waals surface area contributed by atoms with E-state index in [4.69, 9.17) is 5.11 Å². The molecular formula is C12H22N2O3. The maximum Gasteiger partial charge on any atom is 0.305 e. The van der Waals surface area contributed by atoms with Gasteiger partial charge in [0.2, 0.25) is 5.91 Å². The van der Waals surface area contributed by atoms with Crippen LogP contribution in [0.2, 0.25) is 0 Å². The number of nitrogens with one attached hydrogen (secondary N) is 2. The molecule has 0 aromatic carbocycles. The first-order valence-electron chi connectivity index (χ1n) is 6.03. The van der Waals surface area contributed by atoms with Crippen LogP contribution in [0.15, 0.2) is 0 Å². The molecule has 1 aliphatic rings. The minimum Gasteiger partial charge on any atom is -0.481 e. The molecule has 3 N–H and O–H groups in total. The number of carboxylic acids is 1. The van der Waals surface area contributed by atoms with Crippen LogP contribution < -0.4 is 10.6 Å². The number of amides is 1. The molecule has 1 saturated carbocycles. The van der Waals surface area contributed by atoms with Gasteiger partial charge in [-0.1, -0.05) is 20.8 Å². The molecule has 1 aliphatic carbocycles. The van der Waals surface area contributed by atoms with Gasteiger partial charge in [-0.3, -0.25) is 9.59 Å². The van der Waals surface area contributed by atoms with Crippen molar-refractivity contribution in [3.8, 4) is 0 Å². The first kappa shape index (κ1) is 14.0. The Morgan fingerprint density at radius 1 is 1.35 bits per heavy atom. The smallest absolute Gasteiger partial charge is 0.305 e. The van der Waals surface area contributed by atoms with Gasteiger partial charge in [-0.05, 0) is 18.3 Å². The second-order valence-electron chi connectivity index (χ2n) is 5.74. The number of aliphatic carboxylic acids is 1. The summed E-state index contributed by atoms with van der Waals surface area (Å²) in [5.41, 5.74) is -0.256. The van der Waals surface area contributed by atoms with E-state index in [9.17, 15) is 9.59 Å². The number of carbonyl (C=O) groups excluding carboxylic acids is 1. The summed E-state index contributed by atoms with van der Waals surface area (Å²) in [5, 5.41) is 14.7. The highest BCUT2D eigenvalue weighted by Gasteiger charge is 2.29. The van der Waals surface area contributed by atoms with Gasteiger partial charge >= 0.3 is 5.97 Å². The summed E-state index contributed by atoms with van der Waals surface area (Å²) >= 11 is 0. The second kappa shape index (κ2) is 5.49. The lowest BCUT2D eigenvalue weighted by atomic mass is 9.84. The van der Waals surface area contributed by atoms with E-state index in [1.165, 1.54) is 0 Å². The van der Waals surface area contributed by atoms with Crippen LogP contribution in [-0.2, 0) is 9.59 Å². The molecule has 5 nitrogen and oxygen atoms in total. The topological polar surface area (TPSA) is 78.4 Å². The van der Waals surface area contributed by atoms with Gasteiger partial charge in [0.15, 0.2) is 0 Å². The molecule has 17 heavy (non-hydrogen) atoms. The van der Waals surface area contributed by atoms with E-state index in [1.807, 2.05) is 20.8 Å². The van der Waals surface area contributed by atoms with Crippen LogP contribution in [0.3, 0.4) is 0 Å². The van der Waals surface area contributed by atoms with Gasteiger partial charge in [-0.25, -0.2) is 0 Å². The summed E-state index contributed by atoms with van der Waals surface area (Å²) in [6.07, 6.45) is 2.22. The Hall–Kier alpha value is -1.10. The van der Waals surface area contributed by atoms with Crippen molar-refractivity contribution in [1.82, 2.24) is 10.6 Å². The van der Waals surface area contributed by atoms with Gasteiger partial charge in [0.1, 0.15) is 0 Å². The average molecular weight is 242 g/mol. The number of carbonyl (C=O) groups is 2. The fourth-order valence-electron chi connectivity index (χ4n) is 1.52. The molecule has 0 heterocycles. The zero-order valence-electron chi connectivity index (χ0n) is 10.7. The molecule has 0 spiro atoms. The molecule has 1 rings (SSSR count). The molecule has 0 aromatic heterocycles. The predicted molar refractivity (Wildman–Crippen MR) is 64.7 cm³/mol. The van der Waals surface area contributed by atoms with Crippen molar-refractivity contribution in [2.75, 3.05) is 6.54 Å². The highest BCUT2D eigenvalue weighted by molar-refractivity contribution is 5.79. The average Bonchev–Trinajstić information content (AvgIpc) is 2.94. The van der Waals surface area contributed by atoms with Crippen LogP contribution in [0.1, 0.15) is 40.0 Å². The van der Waals surface area contributed by atoms with Crippen molar-refractivity contribution in [2.45, 2.75) is 52.1 Å². The first-order valence-corrected chi connectivity index (χ1v) is 6.03. The maximum absolute atomic E-state index is 11.6. The van der Waals surface area contributed by atoms with Crippen LogP contribution in [0.25, 0.3) is 0 Å². The molecule has 0 aromatic rings. The summed E-state index contributed by atoms with van der Waals surface area (Å²) in [6, 6.07) is 0.141. The van der Waals surface area contributed by atoms with E-state index in [2.05, 4.69) is 10.6 Å². The first-order chi connectivity index (χ1) is 7.79. The minimum atomic E-state index is -0.889. The molecular weight excluding hydrogens is 220 g/mol. The van der Waals surface area contributed by atoms with E-state index < -0.39 is 5.97 Å². The Morgan fingerprint density at radius 2 is 1.94 bits per heavy atom. The normalized spacial score (nSPS) is 17.6. The fourth-order valence-corrected chi connectivity index (χ4v) is 1.52. The van der Waals surface area contributed by atoms with E-state index in [0.717, 1.165) is 12.8 Å². The number of rotatable bonds is 6. The van der Waals surface area contributed by atoms with Crippen LogP contribution >= 0.6 is 0 Å². The van der Waals surface area contributed by atoms with Gasteiger partial charge in [-0.15, -0.1) is 0 Å². The molecule has 1 atom stereocenters. The number of carboxylic acid groups (broad SMARTS) is 1. The predicted octanol–water partition coefficient (Wildman–Crippen LogP) is 0.744. The summed E-state index contributed by atoms with van der Waals surface area (Å²) in [5.74, 6) is -1.02. The van der Waals surface area contributed by atoms with Crippen molar-refractivity contribution >= 4 is 11.9 Å². The van der Waals surface area contributed by atoms with Gasteiger partial charge in [-0.2, -0.15) is 0 Å². The zero-order valence-corrected chi connectivity index (χ0v) is 10.7. The Kier molecular flexibility index (Phi) is 4.51. The van der Waals surface area contributed by atoms with E-state index in [-0.39, 0.29) is 30.3 Å². The highest BCUT2D eigenvalue weighted by Crippen LogP contribution is 2.22. The molecule has 0 saturated heterocycles. The van der Waals surface area contributed by atoms with Gasteiger partial charge in [0.25, 0.3) is 0 Å². The van der Waals surface area contributed by atoms with Crippen LogP contribution in [0, 0.1) is 5.41 Å².